The van der Waals surface area contributed by atoms with E-state index in [1.54, 1.807) is 6.20 Å². The van der Waals surface area contributed by atoms with Gasteiger partial charge in [0.25, 0.3) is 0 Å². The lowest BCUT2D eigenvalue weighted by Gasteiger charge is -2.18. The Kier molecular flexibility index (Phi) is 3.99. The molecule has 4 heteroatoms. The fourth-order valence-electron chi connectivity index (χ4n) is 2.07. The van der Waals surface area contributed by atoms with E-state index in [2.05, 4.69) is 17.2 Å². The maximum absolute atomic E-state index is 9.03. The Balaban J connectivity index is 2.36. The molecule has 1 aromatic heterocycles. The first-order valence-corrected chi connectivity index (χ1v) is 6.27. The van der Waals surface area contributed by atoms with Gasteiger partial charge in [0, 0.05) is 29.9 Å². The van der Waals surface area contributed by atoms with E-state index in [1.807, 2.05) is 24.3 Å². The van der Waals surface area contributed by atoms with Crippen LogP contribution >= 0.6 is 0 Å². The van der Waals surface area contributed by atoms with Crippen molar-refractivity contribution < 1.29 is 5.11 Å². The Labute approximate surface area is 107 Å². The first-order chi connectivity index (χ1) is 8.76. The van der Waals surface area contributed by atoms with Crippen LogP contribution in [0.15, 0.2) is 30.5 Å². The van der Waals surface area contributed by atoms with Crippen LogP contribution in [0, 0.1) is 0 Å². The van der Waals surface area contributed by atoms with Gasteiger partial charge in [0.1, 0.15) is 0 Å². The van der Waals surface area contributed by atoms with E-state index in [-0.39, 0.29) is 12.6 Å². The molecule has 0 radical (unpaired) electrons. The predicted octanol–water partition coefficient (Wildman–Crippen LogP) is 2.39. The molecular weight excluding hydrogens is 226 g/mol. The fraction of sp³-hybridized carbons (Fsp3) is 0.357. The number of pyridine rings is 1. The molecule has 18 heavy (non-hydrogen) atoms. The van der Waals surface area contributed by atoms with Gasteiger partial charge in [0.2, 0.25) is 0 Å². The van der Waals surface area contributed by atoms with Crippen molar-refractivity contribution in [3.05, 3.63) is 30.5 Å². The molecule has 0 saturated carbocycles. The van der Waals surface area contributed by atoms with Crippen LogP contribution in [0.3, 0.4) is 0 Å². The van der Waals surface area contributed by atoms with E-state index in [9.17, 15) is 0 Å². The Morgan fingerprint density at radius 2 is 2.22 bits per heavy atom. The predicted molar refractivity (Wildman–Crippen MR) is 75.6 cm³/mol. The average molecular weight is 245 g/mol. The normalized spacial score (nSPS) is 12.6. The monoisotopic (exact) mass is 245 g/mol. The van der Waals surface area contributed by atoms with Gasteiger partial charge in [-0.2, -0.15) is 0 Å². The summed E-state index contributed by atoms with van der Waals surface area (Å²) in [5.74, 6) is 0. The number of nitrogens with two attached hydrogens (primary N) is 1. The number of hydrogen-bond acceptors (Lipinski definition) is 4. The highest BCUT2D eigenvalue weighted by Gasteiger charge is 2.09. The molecule has 0 aliphatic rings. The minimum atomic E-state index is 0.191. The van der Waals surface area contributed by atoms with E-state index in [0.717, 1.165) is 29.4 Å². The molecule has 4 N–H and O–H groups in total. The molecule has 4 nitrogen and oxygen atoms in total. The largest absolute Gasteiger partial charge is 0.397 e. The summed E-state index contributed by atoms with van der Waals surface area (Å²) in [5.41, 5.74) is 8.44. The standard InChI is InChI=1S/C14H19N3O/c1-2-10(7-9-18)17-13-6-5-12(15)14-11(13)4-3-8-16-14/h3-6,8,10,17-18H,2,7,9,15H2,1H3. The summed E-state index contributed by atoms with van der Waals surface area (Å²) in [4.78, 5) is 4.31. The van der Waals surface area contributed by atoms with Gasteiger partial charge >= 0.3 is 0 Å². The number of rotatable bonds is 5. The number of aromatic nitrogens is 1. The van der Waals surface area contributed by atoms with Gasteiger partial charge < -0.3 is 16.2 Å². The SMILES string of the molecule is CCC(CCO)Nc1ccc(N)c2ncccc12. The molecule has 0 fully saturated rings. The molecule has 2 aromatic rings. The van der Waals surface area contributed by atoms with E-state index < -0.39 is 0 Å². The summed E-state index contributed by atoms with van der Waals surface area (Å²) in [5, 5.41) is 13.5. The van der Waals surface area contributed by atoms with Crippen LogP contribution in [-0.2, 0) is 0 Å². The Morgan fingerprint density at radius 1 is 1.39 bits per heavy atom. The summed E-state index contributed by atoms with van der Waals surface area (Å²) in [6.07, 6.45) is 3.45. The van der Waals surface area contributed by atoms with Crippen LogP contribution in [0.25, 0.3) is 10.9 Å². The first kappa shape index (κ1) is 12.6. The summed E-state index contributed by atoms with van der Waals surface area (Å²) >= 11 is 0. The second kappa shape index (κ2) is 5.69. The van der Waals surface area contributed by atoms with Crippen molar-refractivity contribution in [2.24, 2.45) is 0 Å². The van der Waals surface area contributed by atoms with E-state index in [1.165, 1.54) is 0 Å². The zero-order valence-electron chi connectivity index (χ0n) is 10.6. The van der Waals surface area contributed by atoms with Gasteiger partial charge in [-0.1, -0.05) is 6.92 Å². The van der Waals surface area contributed by atoms with Crippen molar-refractivity contribution in [3.63, 3.8) is 0 Å². The van der Waals surface area contributed by atoms with Gasteiger partial charge in [-0.15, -0.1) is 0 Å². The van der Waals surface area contributed by atoms with Crippen molar-refractivity contribution in [3.8, 4) is 0 Å². The van der Waals surface area contributed by atoms with Crippen LogP contribution < -0.4 is 11.1 Å². The number of aliphatic hydroxyl groups excluding tert-OH is 1. The zero-order valence-corrected chi connectivity index (χ0v) is 10.6. The van der Waals surface area contributed by atoms with Crippen LogP contribution in [-0.4, -0.2) is 22.7 Å². The number of nitrogens with zero attached hydrogens (tertiary/aromatic N) is 1. The number of benzene rings is 1. The lowest BCUT2D eigenvalue weighted by molar-refractivity contribution is 0.278. The molecule has 0 amide bonds. The molecule has 0 saturated heterocycles. The lowest BCUT2D eigenvalue weighted by Crippen LogP contribution is -2.20. The second-order valence-corrected chi connectivity index (χ2v) is 4.36. The van der Waals surface area contributed by atoms with Crippen molar-refractivity contribution in [1.29, 1.82) is 0 Å². The van der Waals surface area contributed by atoms with E-state index >= 15 is 0 Å². The van der Waals surface area contributed by atoms with Crippen LogP contribution in [0.4, 0.5) is 11.4 Å². The molecule has 2 rings (SSSR count). The number of aliphatic hydroxyl groups is 1. The van der Waals surface area contributed by atoms with Crippen LogP contribution in [0.1, 0.15) is 19.8 Å². The average Bonchev–Trinajstić information content (AvgIpc) is 2.41. The Hall–Kier alpha value is -1.81. The highest BCUT2D eigenvalue weighted by Crippen LogP contribution is 2.27. The van der Waals surface area contributed by atoms with Gasteiger partial charge in [0.05, 0.1) is 11.2 Å². The summed E-state index contributed by atoms with van der Waals surface area (Å²) in [6.45, 7) is 2.29. The molecule has 0 aliphatic carbocycles. The molecule has 1 unspecified atom stereocenters. The minimum Gasteiger partial charge on any atom is -0.397 e. The number of anilines is 2. The van der Waals surface area contributed by atoms with Gasteiger partial charge in [-0.3, -0.25) is 4.98 Å². The molecule has 0 spiro atoms. The highest BCUT2D eigenvalue weighted by molar-refractivity contribution is 5.98. The second-order valence-electron chi connectivity index (χ2n) is 4.36. The van der Waals surface area contributed by atoms with E-state index in [0.29, 0.717) is 5.69 Å². The van der Waals surface area contributed by atoms with Crippen molar-refractivity contribution in [2.45, 2.75) is 25.8 Å². The Bertz CT molecular complexity index is 527. The molecule has 1 heterocycles. The van der Waals surface area contributed by atoms with Crippen LogP contribution in [0.2, 0.25) is 0 Å². The molecular formula is C14H19N3O. The molecule has 1 atom stereocenters. The molecule has 0 bridgehead atoms. The van der Waals surface area contributed by atoms with Crippen molar-refractivity contribution in [2.75, 3.05) is 17.7 Å². The number of nitrogens with one attached hydrogen (secondary N) is 1. The highest BCUT2D eigenvalue weighted by atomic mass is 16.3. The number of nitrogen functional groups attached to an aromatic ring is 1. The smallest absolute Gasteiger partial charge is 0.0951 e. The Morgan fingerprint density at radius 3 is 2.94 bits per heavy atom. The maximum Gasteiger partial charge on any atom is 0.0951 e. The quantitative estimate of drug-likeness (QED) is 0.707. The number of hydrogen-bond donors (Lipinski definition) is 3. The van der Waals surface area contributed by atoms with Crippen molar-refractivity contribution >= 4 is 22.3 Å². The number of fused-ring (bicyclic) bond motifs is 1. The fourth-order valence-corrected chi connectivity index (χ4v) is 2.07. The van der Waals surface area contributed by atoms with Crippen LogP contribution in [0.5, 0.6) is 0 Å². The third kappa shape index (κ3) is 2.54. The molecule has 96 valence electrons. The lowest BCUT2D eigenvalue weighted by atomic mass is 10.1. The van der Waals surface area contributed by atoms with E-state index in [4.69, 9.17) is 10.8 Å². The minimum absolute atomic E-state index is 0.191. The van der Waals surface area contributed by atoms with Crippen molar-refractivity contribution in [1.82, 2.24) is 4.98 Å². The zero-order chi connectivity index (χ0) is 13.0. The topological polar surface area (TPSA) is 71.2 Å². The molecule has 1 aromatic carbocycles. The summed E-state index contributed by atoms with van der Waals surface area (Å²) in [7, 11) is 0. The third-order valence-electron chi connectivity index (χ3n) is 3.13. The summed E-state index contributed by atoms with van der Waals surface area (Å²) in [6, 6.07) is 8.01. The summed E-state index contributed by atoms with van der Waals surface area (Å²) < 4.78 is 0. The first-order valence-electron chi connectivity index (χ1n) is 6.27. The maximum atomic E-state index is 9.03. The van der Waals surface area contributed by atoms with Gasteiger partial charge in [-0.25, -0.2) is 0 Å². The van der Waals surface area contributed by atoms with Gasteiger partial charge in [0.15, 0.2) is 0 Å². The van der Waals surface area contributed by atoms with Gasteiger partial charge in [-0.05, 0) is 37.1 Å². The molecule has 0 aliphatic heterocycles. The third-order valence-corrected chi connectivity index (χ3v) is 3.13.